The minimum atomic E-state index is -0.592. The normalized spacial score (nSPS) is 20.8. The molecule has 1 amide bonds. The van der Waals surface area contributed by atoms with Crippen LogP contribution < -0.4 is 0 Å². The number of fused-ring (bicyclic) bond motifs is 1. The van der Waals surface area contributed by atoms with Crippen LogP contribution in [0.3, 0.4) is 0 Å². The maximum atomic E-state index is 12.8. The van der Waals surface area contributed by atoms with E-state index in [2.05, 4.69) is 15.1 Å². The van der Waals surface area contributed by atoms with Crippen LogP contribution in [0.1, 0.15) is 24.2 Å². The fourth-order valence-corrected chi connectivity index (χ4v) is 3.14. The van der Waals surface area contributed by atoms with Crippen LogP contribution >= 0.6 is 0 Å². The second kappa shape index (κ2) is 5.72. The highest BCUT2D eigenvalue weighted by molar-refractivity contribution is 5.81. The molecule has 2 atom stereocenters. The van der Waals surface area contributed by atoms with Crippen LogP contribution in [0.5, 0.6) is 0 Å². The van der Waals surface area contributed by atoms with Crippen LogP contribution in [0.25, 0.3) is 11.0 Å². The monoisotopic (exact) mass is 327 g/mol. The molecule has 1 aromatic carbocycles. The van der Waals surface area contributed by atoms with Gasteiger partial charge in [0.1, 0.15) is 12.6 Å². The number of carbonyl (C=O) groups is 1. The molecule has 2 aromatic heterocycles. The van der Waals surface area contributed by atoms with E-state index in [1.54, 1.807) is 22.7 Å². The fourth-order valence-electron chi connectivity index (χ4n) is 3.14. The standard InChI is InChI=1S/C16H17N5O3/c1-10-18-16(24-19-10)14-6-11(22)7-21(14)15(23)8-20-9-17-12-4-2-3-5-13(12)20/h2-5,9,11,14,22H,6-8H2,1H3/t11-,14+/m0/s1. The van der Waals surface area contributed by atoms with E-state index in [1.807, 2.05) is 24.3 Å². The first-order valence-corrected chi connectivity index (χ1v) is 7.79. The summed E-state index contributed by atoms with van der Waals surface area (Å²) >= 11 is 0. The zero-order chi connectivity index (χ0) is 16.7. The van der Waals surface area contributed by atoms with Gasteiger partial charge in [0.25, 0.3) is 0 Å². The summed E-state index contributed by atoms with van der Waals surface area (Å²) in [6.45, 7) is 2.14. The highest BCUT2D eigenvalue weighted by Crippen LogP contribution is 2.31. The maximum Gasteiger partial charge on any atom is 0.249 e. The molecule has 1 aliphatic heterocycles. The van der Waals surface area contributed by atoms with Crippen LogP contribution in [0.15, 0.2) is 35.1 Å². The molecule has 0 spiro atoms. The van der Waals surface area contributed by atoms with Crippen molar-refractivity contribution >= 4 is 16.9 Å². The van der Waals surface area contributed by atoms with E-state index in [9.17, 15) is 9.90 Å². The van der Waals surface area contributed by atoms with Crippen molar-refractivity contribution in [3.8, 4) is 0 Å². The lowest BCUT2D eigenvalue weighted by atomic mass is 10.2. The number of para-hydroxylation sites is 2. The van der Waals surface area contributed by atoms with Crippen molar-refractivity contribution in [3.05, 3.63) is 42.3 Å². The summed E-state index contributed by atoms with van der Waals surface area (Å²) in [5.74, 6) is 0.767. The van der Waals surface area contributed by atoms with Crippen molar-refractivity contribution in [3.63, 3.8) is 0 Å². The fraction of sp³-hybridized carbons (Fsp3) is 0.375. The first kappa shape index (κ1) is 14.8. The van der Waals surface area contributed by atoms with Gasteiger partial charge in [-0.15, -0.1) is 0 Å². The van der Waals surface area contributed by atoms with Gasteiger partial charge in [0.05, 0.1) is 23.5 Å². The molecule has 1 fully saturated rings. The predicted molar refractivity (Wildman–Crippen MR) is 83.8 cm³/mol. The number of carbonyl (C=O) groups excluding carboxylic acids is 1. The summed E-state index contributed by atoms with van der Waals surface area (Å²) in [7, 11) is 0. The lowest BCUT2D eigenvalue weighted by Crippen LogP contribution is -2.34. The number of nitrogens with zero attached hydrogens (tertiary/aromatic N) is 5. The van der Waals surface area contributed by atoms with Gasteiger partial charge in [-0.1, -0.05) is 17.3 Å². The number of aryl methyl sites for hydroxylation is 1. The molecule has 0 unspecified atom stereocenters. The van der Waals surface area contributed by atoms with Crippen molar-refractivity contribution in [2.45, 2.75) is 32.0 Å². The van der Waals surface area contributed by atoms with Gasteiger partial charge in [-0.2, -0.15) is 4.98 Å². The topological polar surface area (TPSA) is 97.3 Å². The average Bonchev–Trinajstić information content (AvgIpc) is 3.26. The van der Waals surface area contributed by atoms with Crippen molar-refractivity contribution in [2.24, 2.45) is 0 Å². The SMILES string of the molecule is Cc1noc([C@H]2C[C@H](O)CN2C(=O)Cn2cnc3ccccc32)n1. The minimum Gasteiger partial charge on any atom is -0.391 e. The number of aliphatic hydroxyl groups is 1. The number of hydrogen-bond donors (Lipinski definition) is 1. The number of likely N-dealkylation sites (tertiary alicyclic amines) is 1. The molecule has 24 heavy (non-hydrogen) atoms. The minimum absolute atomic E-state index is 0.115. The Labute approximate surface area is 137 Å². The van der Waals surface area contributed by atoms with Gasteiger partial charge < -0.3 is 19.1 Å². The summed E-state index contributed by atoms with van der Waals surface area (Å²) in [5, 5.41) is 13.8. The summed E-state index contributed by atoms with van der Waals surface area (Å²) in [4.78, 5) is 22.9. The number of rotatable bonds is 3. The van der Waals surface area contributed by atoms with Gasteiger partial charge in [0, 0.05) is 13.0 Å². The molecule has 124 valence electrons. The smallest absolute Gasteiger partial charge is 0.249 e. The third-order valence-corrected chi connectivity index (χ3v) is 4.26. The van der Waals surface area contributed by atoms with Gasteiger partial charge in [-0.3, -0.25) is 4.79 Å². The lowest BCUT2D eigenvalue weighted by molar-refractivity contribution is -0.133. The van der Waals surface area contributed by atoms with Crippen molar-refractivity contribution < 1.29 is 14.4 Å². The summed E-state index contributed by atoms with van der Waals surface area (Å²) in [6, 6.07) is 7.26. The van der Waals surface area contributed by atoms with E-state index in [4.69, 9.17) is 4.52 Å². The average molecular weight is 327 g/mol. The van der Waals surface area contributed by atoms with Crippen LogP contribution in [-0.4, -0.2) is 48.3 Å². The van der Waals surface area contributed by atoms with E-state index in [0.717, 1.165) is 11.0 Å². The third-order valence-electron chi connectivity index (χ3n) is 4.26. The number of aliphatic hydroxyl groups excluding tert-OH is 1. The molecule has 0 saturated carbocycles. The summed E-state index contributed by atoms with van der Waals surface area (Å²) < 4.78 is 7.00. The number of aromatic nitrogens is 4. The second-order valence-corrected chi connectivity index (χ2v) is 5.99. The molecule has 3 heterocycles. The van der Waals surface area contributed by atoms with Gasteiger partial charge in [-0.05, 0) is 19.1 Å². The third kappa shape index (κ3) is 2.54. The quantitative estimate of drug-likeness (QED) is 0.772. The van der Waals surface area contributed by atoms with Crippen LogP contribution in [-0.2, 0) is 11.3 Å². The molecular formula is C16H17N5O3. The molecule has 8 nitrogen and oxygen atoms in total. The summed E-state index contributed by atoms with van der Waals surface area (Å²) in [5.41, 5.74) is 1.74. The predicted octanol–water partition coefficient (Wildman–Crippen LogP) is 1.06. The van der Waals surface area contributed by atoms with Gasteiger partial charge in [0.15, 0.2) is 5.82 Å². The van der Waals surface area contributed by atoms with Crippen molar-refractivity contribution in [1.82, 2.24) is 24.6 Å². The Balaban J connectivity index is 1.58. The second-order valence-electron chi connectivity index (χ2n) is 5.99. The van der Waals surface area contributed by atoms with Crippen molar-refractivity contribution in [1.29, 1.82) is 0 Å². The first-order chi connectivity index (χ1) is 11.6. The Morgan fingerprint density at radius 1 is 1.42 bits per heavy atom. The summed E-state index contributed by atoms with van der Waals surface area (Å²) in [6.07, 6.45) is 1.46. The first-order valence-electron chi connectivity index (χ1n) is 7.79. The molecule has 0 bridgehead atoms. The van der Waals surface area contributed by atoms with E-state index in [-0.39, 0.29) is 25.0 Å². The van der Waals surface area contributed by atoms with Crippen LogP contribution in [0.4, 0.5) is 0 Å². The Kier molecular flexibility index (Phi) is 3.53. The van der Waals surface area contributed by atoms with E-state index >= 15 is 0 Å². The zero-order valence-corrected chi connectivity index (χ0v) is 13.2. The molecule has 0 aliphatic carbocycles. The number of β-amino-alcohol motifs (C(OH)–C–C–N with tert-alkyl or cyclic N) is 1. The van der Waals surface area contributed by atoms with Gasteiger partial charge in [-0.25, -0.2) is 4.98 Å². The molecule has 8 heteroatoms. The Hall–Kier alpha value is -2.74. The van der Waals surface area contributed by atoms with Crippen LogP contribution in [0, 0.1) is 6.92 Å². The molecule has 3 aromatic rings. The van der Waals surface area contributed by atoms with Gasteiger partial charge >= 0.3 is 0 Å². The number of imidazole rings is 1. The highest BCUT2D eigenvalue weighted by atomic mass is 16.5. The molecule has 1 saturated heterocycles. The highest BCUT2D eigenvalue weighted by Gasteiger charge is 2.38. The van der Waals surface area contributed by atoms with E-state index in [0.29, 0.717) is 18.1 Å². The van der Waals surface area contributed by atoms with Crippen LogP contribution in [0.2, 0.25) is 0 Å². The Bertz CT molecular complexity index is 887. The molecule has 1 N–H and O–H groups in total. The molecule has 4 rings (SSSR count). The van der Waals surface area contributed by atoms with E-state index < -0.39 is 6.10 Å². The number of hydrogen-bond acceptors (Lipinski definition) is 6. The van der Waals surface area contributed by atoms with Crippen molar-refractivity contribution in [2.75, 3.05) is 6.54 Å². The number of amides is 1. The zero-order valence-electron chi connectivity index (χ0n) is 13.2. The number of benzene rings is 1. The Morgan fingerprint density at radius 3 is 3.04 bits per heavy atom. The Morgan fingerprint density at radius 2 is 2.25 bits per heavy atom. The largest absolute Gasteiger partial charge is 0.391 e. The maximum absolute atomic E-state index is 12.8. The molecule has 0 radical (unpaired) electrons. The molecule has 1 aliphatic rings. The lowest BCUT2D eigenvalue weighted by Gasteiger charge is -2.21. The van der Waals surface area contributed by atoms with E-state index in [1.165, 1.54) is 0 Å². The molecular weight excluding hydrogens is 310 g/mol. The van der Waals surface area contributed by atoms with Gasteiger partial charge in [0.2, 0.25) is 11.8 Å².